The Morgan fingerprint density at radius 1 is 1.16 bits per heavy atom. The van der Waals surface area contributed by atoms with Crippen LogP contribution in [0.2, 0.25) is 5.02 Å². The number of hydrogen-bond donors (Lipinski definition) is 1. The van der Waals surface area contributed by atoms with Crippen LogP contribution in [0.15, 0.2) is 60.9 Å². The molecule has 0 aliphatic heterocycles. The molecule has 1 amide bonds. The van der Waals surface area contributed by atoms with Crippen molar-refractivity contribution in [2.45, 2.75) is 0 Å². The SMILES string of the molecule is O=C(Nc1ccc([N+](=O)[O-])c(Cl)c1)c1ccc(-n2cccc2)c(F)c1. The number of nitro benzene ring substituents is 1. The minimum absolute atomic E-state index is 0.100. The first kappa shape index (κ1) is 16.7. The van der Waals surface area contributed by atoms with Crippen molar-refractivity contribution < 1.29 is 14.1 Å². The Balaban J connectivity index is 1.81. The average Bonchev–Trinajstić information content (AvgIpc) is 3.08. The van der Waals surface area contributed by atoms with Gasteiger partial charge in [-0.1, -0.05) is 11.6 Å². The van der Waals surface area contributed by atoms with E-state index in [1.165, 1.54) is 30.3 Å². The van der Waals surface area contributed by atoms with Gasteiger partial charge in [0.1, 0.15) is 10.8 Å². The van der Waals surface area contributed by atoms with Crippen molar-refractivity contribution in [1.82, 2.24) is 4.57 Å². The van der Waals surface area contributed by atoms with Gasteiger partial charge in [-0.2, -0.15) is 0 Å². The molecule has 0 aliphatic rings. The molecule has 3 aromatic rings. The van der Waals surface area contributed by atoms with Crippen LogP contribution in [0.1, 0.15) is 10.4 Å². The highest BCUT2D eigenvalue weighted by Gasteiger charge is 2.15. The van der Waals surface area contributed by atoms with Crippen molar-refractivity contribution in [3.8, 4) is 5.69 Å². The summed E-state index contributed by atoms with van der Waals surface area (Å²) < 4.78 is 15.8. The fourth-order valence-electron chi connectivity index (χ4n) is 2.29. The summed E-state index contributed by atoms with van der Waals surface area (Å²) in [5, 5.41) is 13.2. The minimum atomic E-state index is -0.622. The number of aromatic nitrogens is 1. The van der Waals surface area contributed by atoms with Crippen molar-refractivity contribution >= 4 is 28.9 Å². The lowest BCUT2D eigenvalue weighted by Crippen LogP contribution is -2.12. The van der Waals surface area contributed by atoms with E-state index < -0.39 is 16.6 Å². The minimum Gasteiger partial charge on any atom is -0.322 e. The normalized spacial score (nSPS) is 10.5. The Labute approximate surface area is 146 Å². The maximum Gasteiger partial charge on any atom is 0.288 e. The van der Waals surface area contributed by atoms with Gasteiger partial charge in [0.15, 0.2) is 0 Å². The highest BCUT2D eigenvalue weighted by molar-refractivity contribution is 6.33. The lowest BCUT2D eigenvalue weighted by atomic mass is 10.1. The van der Waals surface area contributed by atoms with Crippen LogP contribution in [0.3, 0.4) is 0 Å². The van der Waals surface area contributed by atoms with E-state index in [-0.39, 0.29) is 22.0 Å². The van der Waals surface area contributed by atoms with Crippen LogP contribution in [-0.4, -0.2) is 15.4 Å². The highest BCUT2D eigenvalue weighted by Crippen LogP contribution is 2.27. The number of nitrogens with one attached hydrogen (secondary N) is 1. The fourth-order valence-corrected chi connectivity index (χ4v) is 2.54. The molecule has 0 saturated carbocycles. The third-order valence-electron chi connectivity index (χ3n) is 3.49. The molecule has 25 heavy (non-hydrogen) atoms. The van der Waals surface area contributed by atoms with Crippen LogP contribution in [0.25, 0.3) is 5.69 Å². The molecule has 2 aromatic carbocycles. The molecule has 0 spiro atoms. The Kier molecular flexibility index (Phi) is 4.49. The molecule has 3 rings (SSSR count). The van der Waals surface area contributed by atoms with Crippen molar-refractivity contribution in [1.29, 1.82) is 0 Å². The number of anilines is 1. The third-order valence-corrected chi connectivity index (χ3v) is 3.80. The molecular weight excluding hydrogens is 349 g/mol. The van der Waals surface area contributed by atoms with Gasteiger partial charge in [0.25, 0.3) is 11.6 Å². The molecular formula is C17H11ClFN3O3. The van der Waals surface area contributed by atoms with Crippen molar-refractivity contribution in [2.75, 3.05) is 5.32 Å². The first-order valence-corrected chi connectivity index (χ1v) is 7.51. The van der Waals surface area contributed by atoms with E-state index in [1.807, 2.05) is 0 Å². The summed E-state index contributed by atoms with van der Waals surface area (Å²) in [5.41, 5.74) is 0.445. The smallest absolute Gasteiger partial charge is 0.288 e. The lowest BCUT2D eigenvalue weighted by molar-refractivity contribution is -0.384. The number of hydrogen-bond acceptors (Lipinski definition) is 3. The van der Waals surface area contributed by atoms with Crippen molar-refractivity contribution in [3.05, 3.63) is 87.4 Å². The Bertz CT molecular complexity index is 958. The molecule has 126 valence electrons. The maximum atomic E-state index is 14.2. The second-order valence-corrected chi connectivity index (χ2v) is 5.54. The van der Waals surface area contributed by atoms with Crippen molar-refractivity contribution in [2.24, 2.45) is 0 Å². The molecule has 0 aliphatic carbocycles. The first-order chi connectivity index (χ1) is 12.0. The molecule has 0 bridgehead atoms. The lowest BCUT2D eigenvalue weighted by Gasteiger charge is -2.09. The second kappa shape index (κ2) is 6.74. The van der Waals surface area contributed by atoms with E-state index in [2.05, 4.69) is 5.32 Å². The van der Waals surface area contributed by atoms with Crippen LogP contribution >= 0.6 is 11.6 Å². The van der Waals surface area contributed by atoms with Gasteiger partial charge in [0.05, 0.1) is 10.6 Å². The molecule has 8 heteroatoms. The van der Waals surface area contributed by atoms with Gasteiger partial charge < -0.3 is 9.88 Å². The third kappa shape index (κ3) is 3.51. The molecule has 6 nitrogen and oxygen atoms in total. The predicted octanol–water partition coefficient (Wildman–Crippen LogP) is 4.43. The van der Waals surface area contributed by atoms with Crippen LogP contribution in [0.5, 0.6) is 0 Å². The Hall–Kier alpha value is -3.19. The van der Waals surface area contributed by atoms with E-state index in [4.69, 9.17) is 11.6 Å². The number of rotatable bonds is 4. The van der Waals surface area contributed by atoms with Crippen LogP contribution < -0.4 is 5.32 Å². The molecule has 1 heterocycles. The molecule has 0 unspecified atom stereocenters. The van der Waals surface area contributed by atoms with Gasteiger partial charge >= 0.3 is 0 Å². The molecule has 1 N–H and O–H groups in total. The zero-order valence-corrected chi connectivity index (χ0v) is 13.4. The van der Waals surface area contributed by atoms with Gasteiger partial charge in [0.2, 0.25) is 0 Å². The van der Waals surface area contributed by atoms with Crippen LogP contribution in [0.4, 0.5) is 15.8 Å². The number of halogens is 2. The van der Waals surface area contributed by atoms with Crippen LogP contribution in [0, 0.1) is 15.9 Å². The number of nitro groups is 1. The number of amides is 1. The predicted molar refractivity (Wildman–Crippen MR) is 91.8 cm³/mol. The molecule has 0 atom stereocenters. The summed E-state index contributed by atoms with van der Waals surface area (Å²) in [7, 11) is 0. The quantitative estimate of drug-likeness (QED) is 0.553. The summed E-state index contributed by atoms with van der Waals surface area (Å²) in [6.07, 6.45) is 3.38. The van der Waals surface area contributed by atoms with E-state index in [0.29, 0.717) is 5.69 Å². The number of carbonyl (C=O) groups excluding carboxylic acids is 1. The Morgan fingerprint density at radius 3 is 2.48 bits per heavy atom. The van der Waals surface area contributed by atoms with E-state index in [1.54, 1.807) is 29.1 Å². The van der Waals surface area contributed by atoms with Gasteiger partial charge in [-0.3, -0.25) is 14.9 Å². The number of carbonyl (C=O) groups is 1. The standard InChI is InChI=1S/C17H11ClFN3O3/c18-13-10-12(4-6-15(13)22(24)25)20-17(23)11-3-5-16(14(19)9-11)21-7-1-2-8-21/h1-10H,(H,20,23). The second-order valence-electron chi connectivity index (χ2n) is 5.13. The topological polar surface area (TPSA) is 77.2 Å². The van der Waals surface area contributed by atoms with Gasteiger partial charge in [-0.05, 0) is 42.5 Å². The van der Waals surface area contributed by atoms with Gasteiger partial charge in [-0.25, -0.2) is 4.39 Å². The summed E-state index contributed by atoms with van der Waals surface area (Å²) in [6, 6.07) is 11.4. The number of nitrogens with zero attached hydrogens (tertiary/aromatic N) is 2. The highest BCUT2D eigenvalue weighted by atomic mass is 35.5. The fraction of sp³-hybridized carbons (Fsp3) is 0. The zero-order chi connectivity index (χ0) is 18.0. The first-order valence-electron chi connectivity index (χ1n) is 7.14. The largest absolute Gasteiger partial charge is 0.322 e. The van der Waals surface area contributed by atoms with Crippen LogP contribution in [-0.2, 0) is 0 Å². The van der Waals surface area contributed by atoms with E-state index in [9.17, 15) is 19.3 Å². The molecule has 0 saturated heterocycles. The molecule has 0 radical (unpaired) electrons. The Morgan fingerprint density at radius 2 is 1.88 bits per heavy atom. The van der Waals surface area contributed by atoms with E-state index in [0.717, 1.165) is 6.07 Å². The van der Waals surface area contributed by atoms with Gasteiger partial charge in [-0.15, -0.1) is 0 Å². The van der Waals surface area contributed by atoms with Crippen molar-refractivity contribution in [3.63, 3.8) is 0 Å². The molecule has 0 fully saturated rings. The zero-order valence-electron chi connectivity index (χ0n) is 12.6. The number of benzene rings is 2. The van der Waals surface area contributed by atoms with E-state index >= 15 is 0 Å². The average molecular weight is 360 g/mol. The summed E-state index contributed by atoms with van der Waals surface area (Å²) in [6.45, 7) is 0. The monoisotopic (exact) mass is 359 g/mol. The van der Waals surface area contributed by atoms with Gasteiger partial charge in [0, 0.05) is 29.7 Å². The summed E-state index contributed by atoms with van der Waals surface area (Å²) in [4.78, 5) is 22.3. The maximum absolute atomic E-state index is 14.2. The summed E-state index contributed by atoms with van der Waals surface area (Å²) in [5.74, 6) is -1.10. The molecule has 1 aromatic heterocycles. The summed E-state index contributed by atoms with van der Waals surface area (Å²) >= 11 is 5.80.